The molecule has 2 N–H and O–H groups in total. The maximum atomic E-state index is 12.7. The lowest BCUT2D eigenvalue weighted by Gasteiger charge is -2.13. The molecule has 7 heteroatoms. The Morgan fingerprint density at radius 2 is 1.62 bits per heavy atom. The van der Waals surface area contributed by atoms with Crippen molar-refractivity contribution in [2.24, 2.45) is 0 Å². The standard InChI is InChI=1S/C25H28N2O4S/c1-3-31-24-13-7-4-9-20(24)10-8-18-26-25(28)22-11-5-6-12-23(22)27-32(29,30)21-16-14-19(2)15-17-21/h4-7,9,11-17,27H,3,8,10,18H2,1-2H3,(H,26,28). The zero-order valence-corrected chi connectivity index (χ0v) is 19.1. The van der Waals surface area contributed by atoms with Crippen LogP contribution in [0.4, 0.5) is 5.69 Å². The van der Waals surface area contributed by atoms with Crippen LogP contribution in [0.25, 0.3) is 0 Å². The summed E-state index contributed by atoms with van der Waals surface area (Å²) < 4.78 is 33.6. The van der Waals surface area contributed by atoms with Crippen LogP contribution in [0.15, 0.2) is 77.7 Å². The molecule has 0 unspecified atom stereocenters. The first-order valence-corrected chi connectivity index (χ1v) is 12.1. The highest BCUT2D eigenvalue weighted by Gasteiger charge is 2.18. The molecule has 0 fully saturated rings. The highest BCUT2D eigenvalue weighted by atomic mass is 32.2. The van der Waals surface area contributed by atoms with Gasteiger partial charge in [-0.3, -0.25) is 9.52 Å². The molecule has 3 aromatic carbocycles. The van der Waals surface area contributed by atoms with Gasteiger partial charge in [0.2, 0.25) is 0 Å². The summed E-state index contributed by atoms with van der Waals surface area (Å²) in [6, 6.07) is 21.0. The molecule has 0 aliphatic rings. The Morgan fingerprint density at radius 1 is 0.938 bits per heavy atom. The first-order chi connectivity index (χ1) is 15.4. The molecule has 0 radical (unpaired) electrons. The summed E-state index contributed by atoms with van der Waals surface area (Å²) >= 11 is 0. The zero-order chi connectivity index (χ0) is 23.0. The molecular weight excluding hydrogens is 424 g/mol. The second-order valence-corrected chi connectivity index (χ2v) is 9.05. The van der Waals surface area contributed by atoms with Crippen LogP contribution in [-0.4, -0.2) is 27.5 Å². The average molecular weight is 453 g/mol. The monoisotopic (exact) mass is 452 g/mol. The van der Waals surface area contributed by atoms with Crippen LogP contribution in [0.1, 0.15) is 34.8 Å². The number of hydrogen-bond acceptors (Lipinski definition) is 4. The number of carbonyl (C=O) groups is 1. The van der Waals surface area contributed by atoms with E-state index >= 15 is 0 Å². The molecular formula is C25H28N2O4S. The van der Waals surface area contributed by atoms with Crippen molar-refractivity contribution in [2.45, 2.75) is 31.6 Å². The summed E-state index contributed by atoms with van der Waals surface area (Å²) in [6.45, 7) is 4.89. The van der Waals surface area contributed by atoms with Crippen molar-refractivity contribution in [2.75, 3.05) is 17.9 Å². The number of amides is 1. The zero-order valence-electron chi connectivity index (χ0n) is 18.3. The van der Waals surface area contributed by atoms with Crippen molar-refractivity contribution >= 4 is 21.6 Å². The Kier molecular flexibility index (Phi) is 7.89. The van der Waals surface area contributed by atoms with Crippen molar-refractivity contribution in [1.29, 1.82) is 0 Å². The number of sulfonamides is 1. The fourth-order valence-electron chi connectivity index (χ4n) is 3.27. The minimum atomic E-state index is -3.80. The average Bonchev–Trinajstić information content (AvgIpc) is 2.78. The van der Waals surface area contributed by atoms with Crippen molar-refractivity contribution in [3.05, 3.63) is 89.5 Å². The largest absolute Gasteiger partial charge is 0.494 e. The number of benzene rings is 3. The van der Waals surface area contributed by atoms with Crippen LogP contribution in [0.2, 0.25) is 0 Å². The number of aryl methyl sites for hydroxylation is 2. The number of ether oxygens (including phenoxy) is 1. The summed E-state index contributed by atoms with van der Waals surface area (Å²) in [6.07, 6.45) is 1.49. The third kappa shape index (κ3) is 6.11. The lowest BCUT2D eigenvalue weighted by molar-refractivity contribution is 0.0954. The van der Waals surface area contributed by atoms with Gasteiger partial charge >= 0.3 is 0 Å². The maximum Gasteiger partial charge on any atom is 0.261 e. The highest BCUT2D eigenvalue weighted by molar-refractivity contribution is 7.92. The van der Waals surface area contributed by atoms with Crippen molar-refractivity contribution in [3.8, 4) is 5.75 Å². The van der Waals surface area contributed by atoms with Gasteiger partial charge in [-0.15, -0.1) is 0 Å². The Morgan fingerprint density at radius 3 is 2.38 bits per heavy atom. The molecule has 0 atom stereocenters. The molecule has 3 aromatic rings. The fraction of sp³-hybridized carbons (Fsp3) is 0.240. The number of carbonyl (C=O) groups excluding carboxylic acids is 1. The van der Waals surface area contributed by atoms with Gasteiger partial charge in [0.05, 0.1) is 22.8 Å². The molecule has 0 aliphatic heterocycles. The van der Waals surface area contributed by atoms with Gasteiger partial charge in [-0.05, 0) is 62.6 Å². The quantitative estimate of drug-likeness (QED) is 0.442. The lowest BCUT2D eigenvalue weighted by atomic mass is 10.1. The van der Waals surface area contributed by atoms with Crippen LogP contribution in [-0.2, 0) is 16.4 Å². The normalized spacial score (nSPS) is 11.1. The molecule has 0 bridgehead atoms. The van der Waals surface area contributed by atoms with Crippen LogP contribution in [0, 0.1) is 6.92 Å². The van der Waals surface area contributed by atoms with Gasteiger partial charge in [0.15, 0.2) is 0 Å². The third-order valence-electron chi connectivity index (χ3n) is 4.93. The highest BCUT2D eigenvalue weighted by Crippen LogP contribution is 2.21. The second-order valence-electron chi connectivity index (χ2n) is 7.36. The predicted octanol–water partition coefficient (Wildman–Crippen LogP) is 4.56. The summed E-state index contributed by atoms with van der Waals surface area (Å²) in [5.41, 5.74) is 2.58. The minimum Gasteiger partial charge on any atom is -0.494 e. The molecule has 1 amide bonds. The Labute approximate surface area is 189 Å². The van der Waals surface area contributed by atoms with E-state index in [9.17, 15) is 13.2 Å². The summed E-state index contributed by atoms with van der Waals surface area (Å²) in [7, 11) is -3.80. The van der Waals surface area contributed by atoms with Crippen LogP contribution in [0.3, 0.4) is 0 Å². The molecule has 0 saturated heterocycles. The molecule has 168 valence electrons. The van der Waals surface area contributed by atoms with E-state index in [1.807, 2.05) is 38.1 Å². The minimum absolute atomic E-state index is 0.145. The summed E-state index contributed by atoms with van der Waals surface area (Å²) in [5, 5.41) is 2.88. The summed E-state index contributed by atoms with van der Waals surface area (Å²) in [4.78, 5) is 12.9. The fourth-order valence-corrected chi connectivity index (χ4v) is 4.35. The number of nitrogens with one attached hydrogen (secondary N) is 2. The number of para-hydroxylation sites is 2. The Bertz CT molecular complexity index is 1160. The molecule has 0 spiro atoms. The number of rotatable bonds is 10. The molecule has 0 aromatic heterocycles. The van der Waals surface area contributed by atoms with E-state index in [-0.39, 0.29) is 22.1 Å². The van der Waals surface area contributed by atoms with E-state index in [4.69, 9.17) is 4.74 Å². The van der Waals surface area contributed by atoms with E-state index in [1.54, 1.807) is 48.5 Å². The molecule has 6 nitrogen and oxygen atoms in total. The van der Waals surface area contributed by atoms with Gasteiger partial charge < -0.3 is 10.1 Å². The van der Waals surface area contributed by atoms with Gasteiger partial charge in [0, 0.05) is 6.54 Å². The van der Waals surface area contributed by atoms with Crippen LogP contribution < -0.4 is 14.8 Å². The third-order valence-corrected chi connectivity index (χ3v) is 6.31. The topological polar surface area (TPSA) is 84.5 Å². The van der Waals surface area contributed by atoms with E-state index in [2.05, 4.69) is 10.0 Å². The van der Waals surface area contributed by atoms with Crippen LogP contribution in [0.5, 0.6) is 5.75 Å². The molecule has 32 heavy (non-hydrogen) atoms. The van der Waals surface area contributed by atoms with Gasteiger partial charge in [0.1, 0.15) is 5.75 Å². The van der Waals surface area contributed by atoms with Crippen molar-refractivity contribution in [1.82, 2.24) is 5.32 Å². The van der Waals surface area contributed by atoms with E-state index in [1.165, 1.54) is 0 Å². The van der Waals surface area contributed by atoms with Crippen LogP contribution >= 0.6 is 0 Å². The van der Waals surface area contributed by atoms with E-state index < -0.39 is 10.0 Å². The number of hydrogen-bond donors (Lipinski definition) is 2. The molecule has 0 heterocycles. The van der Waals surface area contributed by atoms with Gasteiger partial charge in [0.25, 0.3) is 15.9 Å². The predicted molar refractivity (Wildman–Crippen MR) is 127 cm³/mol. The maximum absolute atomic E-state index is 12.7. The van der Waals surface area contributed by atoms with Crippen molar-refractivity contribution in [3.63, 3.8) is 0 Å². The Hall–Kier alpha value is -3.32. The smallest absolute Gasteiger partial charge is 0.261 e. The van der Waals surface area contributed by atoms with Gasteiger partial charge in [-0.2, -0.15) is 0 Å². The first-order valence-electron chi connectivity index (χ1n) is 10.6. The second kappa shape index (κ2) is 10.8. The van der Waals surface area contributed by atoms with E-state index in [0.29, 0.717) is 13.2 Å². The first kappa shape index (κ1) is 23.3. The van der Waals surface area contributed by atoms with Gasteiger partial charge in [-0.1, -0.05) is 48.0 Å². The van der Waals surface area contributed by atoms with E-state index in [0.717, 1.165) is 29.7 Å². The summed E-state index contributed by atoms with van der Waals surface area (Å²) in [5.74, 6) is 0.530. The SMILES string of the molecule is CCOc1ccccc1CCCNC(=O)c1ccccc1NS(=O)(=O)c1ccc(C)cc1. The number of anilines is 1. The molecule has 0 aliphatic carbocycles. The molecule has 3 rings (SSSR count). The van der Waals surface area contributed by atoms with Gasteiger partial charge in [-0.25, -0.2) is 8.42 Å². The lowest BCUT2D eigenvalue weighted by Crippen LogP contribution is -2.26. The molecule has 0 saturated carbocycles. The van der Waals surface area contributed by atoms with Crippen molar-refractivity contribution < 1.29 is 17.9 Å². The Balaban J connectivity index is 1.63.